The van der Waals surface area contributed by atoms with Crippen molar-refractivity contribution in [3.8, 4) is 11.5 Å². The molecule has 2 aromatic rings. The van der Waals surface area contributed by atoms with Gasteiger partial charge >= 0.3 is 0 Å². The zero-order chi connectivity index (χ0) is 21.5. The van der Waals surface area contributed by atoms with Gasteiger partial charge in [-0.05, 0) is 41.5 Å². The van der Waals surface area contributed by atoms with Gasteiger partial charge in [0.05, 0.1) is 14.2 Å². The maximum Gasteiger partial charge on any atom is 0.244 e. The van der Waals surface area contributed by atoms with Crippen molar-refractivity contribution in [1.29, 1.82) is 0 Å². The molecule has 2 aromatic carbocycles. The quantitative estimate of drug-likeness (QED) is 0.677. The Hall–Kier alpha value is -3.35. The van der Waals surface area contributed by atoms with Crippen molar-refractivity contribution in [2.24, 2.45) is 5.92 Å². The van der Waals surface area contributed by atoms with Gasteiger partial charge < -0.3 is 19.7 Å². The van der Waals surface area contributed by atoms with Crippen LogP contribution in [0, 0.1) is 11.7 Å². The Bertz CT molecular complexity index is 927. The minimum atomic E-state index is -0.298. The van der Waals surface area contributed by atoms with Gasteiger partial charge in [-0.1, -0.05) is 18.2 Å². The molecule has 0 aromatic heterocycles. The SMILES string of the molecule is COc1ccc(/C=C\C(=O)NCC2CC(=O)N(Cc3ccc(F)cc3)C2)cc1OC. The number of ether oxygens (including phenoxy) is 2. The largest absolute Gasteiger partial charge is 0.493 e. The topological polar surface area (TPSA) is 67.9 Å². The molecule has 0 bridgehead atoms. The van der Waals surface area contributed by atoms with Crippen molar-refractivity contribution >= 4 is 17.9 Å². The molecule has 1 heterocycles. The van der Waals surface area contributed by atoms with Crippen LogP contribution in [0.3, 0.4) is 0 Å². The van der Waals surface area contributed by atoms with Gasteiger partial charge in [0, 0.05) is 38.0 Å². The van der Waals surface area contributed by atoms with Crippen LogP contribution in [0.5, 0.6) is 11.5 Å². The molecule has 0 radical (unpaired) electrons. The molecule has 7 heteroatoms. The first-order chi connectivity index (χ1) is 14.5. The summed E-state index contributed by atoms with van der Waals surface area (Å²) in [5.74, 6) is 0.777. The van der Waals surface area contributed by atoms with Crippen molar-refractivity contribution in [1.82, 2.24) is 10.2 Å². The molecule has 0 aliphatic carbocycles. The van der Waals surface area contributed by atoms with Crippen molar-refractivity contribution in [3.63, 3.8) is 0 Å². The van der Waals surface area contributed by atoms with Gasteiger partial charge in [0.15, 0.2) is 11.5 Å². The molecule has 6 nitrogen and oxygen atoms in total. The average Bonchev–Trinajstić information content (AvgIpc) is 3.11. The number of hydrogen-bond donors (Lipinski definition) is 1. The first kappa shape index (κ1) is 21.4. The summed E-state index contributed by atoms with van der Waals surface area (Å²) in [6.07, 6.45) is 3.53. The van der Waals surface area contributed by atoms with E-state index in [0.29, 0.717) is 37.6 Å². The normalized spacial score (nSPS) is 16.2. The van der Waals surface area contributed by atoms with Gasteiger partial charge in [0.1, 0.15) is 5.82 Å². The average molecular weight is 412 g/mol. The predicted molar refractivity (Wildman–Crippen MR) is 112 cm³/mol. The second kappa shape index (κ2) is 9.91. The van der Waals surface area contributed by atoms with Gasteiger partial charge in [0.25, 0.3) is 0 Å². The third kappa shape index (κ3) is 5.59. The Morgan fingerprint density at radius 3 is 2.60 bits per heavy atom. The Morgan fingerprint density at radius 1 is 1.17 bits per heavy atom. The van der Waals surface area contributed by atoms with E-state index in [1.807, 2.05) is 6.07 Å². The van der Waals surface area contributed by atoms with E-state index in [-0.39, 0.29) is 23.5 Å². The monoisotopic (exact) mass is 412 g/mol. The zero-order valence-electron chi connectivity index (χ0n) is 17.1. The van der Waals surface area contributed by atoms with E-state index >= 15 is 0 Å². The van der Waals surface area contributed by atoms with Crippen LogP contribution in [0.1, 0.15) is 17.5 Å². The van der Waals surface area contributed by atoms with Crippen molar-refractivity contribution in [2.45, 2.75) is 13.0 Å². The van der Waals surface area contributed by atoms with Crippen LogP contribution < -0.4 is 14.8 Å². The zero-order valence-corrected chi connectivity index (χ0v) is 17.1. The van der Waals surface area contributed by atoms with Crippen LogP contribution in [0.4, 0.5) is 4.39 Å². The van der Waals surface area contributed by atoms with Gasteiger partial charge in [-0.2, -0.15) is 0 Å². The van der Waals surface area contributed by atoms with Crippen LogP contribution in [0.2, 0.25) is 0 Å². The number of methoxy groups -OCH3 is 2. The summed E-state index contributed by atoms with van der Waals surface area (Å²) >= 11 is 0. The number of nitrogens with one attached hydrogen (secondary N) is 1. The first-order valence-electron chi connectivity index (χ1n) is 9.68. The fraction of sp³-hybridized carbons (Fsp3) is 0.304. The van der Waals surface area contributed by atoms with E-state index in [4.69, 9.17) is 9.47 Å². The number of carbonyl (C=O) groups excluding carboxylic acids is 2. The number of benzene rings is 2. The number of amides is 2. The van der Waals surface area contributed by atoms with Crippen LogP contribution in [-0.2, 0) is 16.1 Å². The first-order valence-corrected chi connectivity index (χ1v) is 9.68. The van der Waals surface area contributed by atoms with E-state index in [9.17, 15) is 14.0 Å². The Balaban J connectivity index is 1.48. The number of likely N-dealkylation sites (tertiary alicyclic amines) is 1. The summed E-state index contributed by atoms with van der Waals surface area (Å²) in [5, 5.41) is 2.85. The lowest BCUT2D eigenvalue weighted by molar-refractivity contribution is -0.128. The van der Waals surface area contributed by atoms with Crippen molar-refractivity contribution in [3.05, 3.63) is 65.5 Å². The molecular formula is C23H25FN2O4. The molecule has 2 amide bonds. The molecule has 1 aliphatic heterocycles. The van der Waals surface area contributed by atoms with Crippen LogP contribution in [0.15, 0.2) is 48.5 Å². The van der Waals surface area contributed by atoms with Gasteiger partial charge in [-0.15, -0.1) is 0 Å². The number of hydrogen-bond acceptors (Lipinski definition) is 4. The molecule has 0 saturated carbocycles. The van der Waals surface area contributed by atoms with Gasteiger partial charge in [-0.25, -0.2) is 4.39 Å². The van der Waals surface area contributed by atoms with E-state index in [1.54, 1.807) is 49.5 Å². The Morgan fingerprint density at radius 2 is 1.90 bits per heavy atom. The third-order valence-corrected chi connectivity index (χ3v) is 4.98. The maximum absolute atomic E-state index is 13.0. The fourth-order valence-corrected chi connectivity index (χ4v) is 3.39. The highest BCUT2D eigenvalue weighted by atomic mass is 19.1. The lowest BCUT2D eigenvalue weighted by Crippen LogP contribution is -2.30. The van der Waals surface area contributed by atoms with Crippen LogP contribution >= 0.6 is 0 Å². The predicted octanol–water partition coefficient (Wildman–Crippen LogP) is 3.02. The van der Waals surface area contributed by atoms with Gasteiger partial charge in [0.2, 0.25) is 11.8 Å². The summed E-state index contributed by atoms with van der Waals surface area (Å²) in [6.45, 7) is 1.43. The smallest absolute Gasteiger partial charge is 0.244 e. The highest BCUT2D eigenvalue weighted by Gasteiger charge is 2.29. The summed E-state index contributed by atoms with van der Waals surface area (Å²) in [6, 6.07) is 11.5. The molecule has 1 saturated heterocycles. The molecule has 30 heavy (non-hydrogen) atoms. The lowest BCUT2D eigenvalue weighted by Gasteiger charge is -2.17. The molecule has 1 atom stereocenters. The lowest BCUT2D eigenvalue weighted by atomic mass is 10.1. The summed E-state index contributed by atoms with van der Waals surface area (Å²) in [7, 11) is 3.12. The van der Waals surface area contributed by atoms with E-state index in [1.165, 1.54) is 18.2 Å². The number of halogens is 1. The molecule has 1 unspecified atom stereocenters. The molecule has 0 spiro atoms. The van der Waals surface area contributed by atoms with Crippen molar-refractivity contribution < 1.29 is 23.5 Å². The second-order valence-electron chi connectivity index (χ2n) is 7.16. The number of carbonyl (C=O) groups is 2. The minimum Gasteiger partial charge on any atom is -0.493 e. The summed E-state index contributed by atoms with van der Waals surface area (Å²) in [4.78, 5) is 26.1. The molecule has 158 valence electrons. The highest BCUT2D eigenvalue weighted by molar-refractivity contribution is 5.91. The molecular weight excluding hydrogens is 387 g/mol. The number of rotatable bonds is 8. The minimum absolute atomic E-state index is 0.0412. The molecule has 1 fully saturated rings. The summed E-state index contributed by atoms with van der Waals surface area (Å²) < 4.78 is 23.5. The van der Waals surface area contributed by atoms with E-state index in [0.717, 1.165) is 11.1 Å². The number of nitrogens with zero attached hydrogens (tertiary/aromatic N) is 1. The third-order valence-electron chi connectivity index (χ3n) is 4.98. The Labute approximate surface area is 175 Å². The molecule has 3 rings (SSSR count). The maximum atomic E-state index is 13.0. The van der Waals surface area contributed by atoms with Crippen LogP contribution in [0.25, 0.3) is 6.08 Å². The second-order valence-corrected chi connectivity index (χ2v) is 7.16. The van der Waals surface area contributed by atoms with Crippen LogP contribution in [-0.4, -0.2) is 44.0 Å². The van der Waals surface area contributed by atoms with Gasteiger partial charge in [-0.3, -0.25) is 9.59 Å². The Kier molecular flexibility index (Phi) is 7.06. The van der Waals surface area contributed by atoms with E-state index in [2.05, 4.69) is 5.32 Å². The standard InChI is InChI=1S/C23H25FN2O4/c1-29-20-9-5-16(11-21(20)30-2)6-10-22(27)25-13-18-12-23(28)26(15-18)14-17-3-7-19(24)8-4-17/h3-11,18H,12-15H2,1-2H3,(H,25,27)/b10-6-. The van der Waals surface area contributed by atoms with Crippen molar-refractivity contribution in [2.75, 3.05) is 27.3 Å². The van der Waals surface area contributed by atoms with E-state index < -0.39 is 0 Å². The summed E-state index contributed by atoms with van der Waals surface area (Å²) in [5.41, 5.74) is 1.69. The highest BCUT2D eigenvalue weighted by Crippen LogP contribution is 2.28. The molecule has 1 aliphatic rings. The fourth-order valence-electron chi connectivity index (χ4n) is 3.39. The molecule has 1 N–H and O–H groups in total.